The van der Waals surface area contributed by atoms with Crippen LogP contribution in [0.15, 0.2) is 55.1 Å². The predicted molar refractivity (Wildman–Crippen MR) is 106 cm³/mol. The Morgan fingerprint density at radius 1 is 0.966 bits per heavy atom. The Bertz CT molecular complexity index is 1100. The van der Waals surface area contributed by atoms with Gasteiger partial charge in [0, 0.05) is 43.0 Å². The van der Waals surface area contributed by atoms with Crippen molar-refractivity contribution in [3.8, 4) is 5.75 Å². The molecule has 1 N–H and O–H groups in total. The average molecular weight is 415 g/mol. The van der Waals surface area contributed by atoms with Crippen LogP contribution in [-0.2, 0) is 19.3 Å². The third kappa shape index (κ3) is 4.86. The highest BCUT2D eigenvalue weighted by Crippen LogP contribution is 2.22. The highest BCUT2D eigenvalue weighted by atomic mass is 35.5. The lowest BCUT2D eigenvalue weighted by Crippen LogP contribution is -2.02. The van der Waals surface area contributed by atoms with Crippen LogP contribution in [0.1, 0.15) is 22.5 Å². The van der Waals surface area contributed by atoms with E-state index in [1.54, 1.807) is 18.3 Å². The lowest BCUT2D eigenvalue weighted by molar-refractivity contribution is -0.0498. The highest BCUT2D eigenvalue weighted by molar-refractivity contribution is 6.31. The molecule has 5 nitrogen and oxygen atoms in total. The second kappa shape index (κ2) is 8.53. The number of aromatic nitrogens is 4. The molecule has 3 heterocycles. The molecule has 0 bridgehead atoms. The van der Waals surface area contributed by atoms with Crippen molar-refractivity contribution < 1.29 is 13.5 Å². The molecular weight excluding hydrogens is 398 g/mol. The van der Waals surface area contributed by atoms with Crippen molar-refractivity contribution in [1.29, 1.82) is 0 Å². The summed E-state index contributed by atoms with van der Waals surface area (Å²) >= 11 is 6.05. The summed E-state index contributed by atoms with van der Waals surface area (Å²) in [6.07, 6.45) is 9.21. The topological polar surface area (TPSA) is 63.7 Å². The number of nitrogens with one attached hydrogen (secondary N) is 1. The van der Waals surface area contributed by atoms with E-state index >= 15 is 0 Å². The number of ether oxygens (including phenoxy) is 1. The molecule has 4 rings (SSSR count). The van der Waals surface area contributed by atoms with Gasteiger partial charge in [0.15, 0.2) is 0 Å². The van der Waals surface area contributed by atoms with Gasteiger partial charge in [-0.05, 0) is 41.3 Å². The van der Waals surface area contributed by atoms with Gasteiger partial charge in [0.05, 0.1) is 5.02 Å². The molecule has 0 aliphatic rings. The lowest BCUT2D eigenvalue weighted by Gasteiger charge is -2.06. The number of hydrogen-bond acceptors (Lipinski definition) is 4. The molecule has 0 spiro atoms. The minimum Gasteiger partial charge on any atom is -0.435 e. The van der Waals surface area contributed by atoms with Crippen LogP contribution in [0.2, 0.25) is 5.02 Å². The van der Waals surface area contributed by atoms with Gasteiger partial charge in [-0.1, -0.05) is 23.7 Å². The quantitative estimate of drug-likeness (QED) is 0.463. The molecule has 0 atom stereocenters. The summed E-state index contributed by atoms with van der Waals surface area (Å²) in [5.74, 6) is 0.878. The summed E-state index contributed by atoms with van der Waals surface area (Å²) in [6.45, 7) is -2.81. The van der Waals surface area contributed by atoms with Crippen LogP contribution in [0.4, 0.5) is 8.78 Å². The fourth-order valence-corrected chi connectivity index (χ4v) is 3.25. The van der Waals surface area contributed by atoms with Crippen molar-refractivity contribution >= 4 is 22.6 Å². The minimum absolute atomic E-state index is 0.151. The number of alkyl halides is 2. The van der Waals surface area contributed by atoms with Crippen LogP contribution in [0.3, 0.4) is 0 Å². The monoisotopic (exact) mass is 414 g/mol. The van der Waals surface area contributed by atoms with Gasteiger partial charge < -0.3 is 9.72 Å². The Hall–Kier alpha value is -3.06. The van der Waals surface area contributed by atoms with E-state index in [4.69, 9.17) is 11.6 Å². The van der Waals surface area contributed by atoms with Crippen molar-refractivity contribution in [3.63, 3.8) is 0 Å². The van der Waals surface area contributed by atoms with E-state index in [2.05, 4.69) is 24.7 Å². The largest absolute Gasteiger partial charge is 0.435 e. The lowest BCUT2D eigenvalue weighted by atomic mass is 10.1. The van der Waals surface area contributed by atoms with Gasteiger partial charge in [-0.15, -0.1) is 0 Å². The molecule has 1 aromatic carbocycles. The van der Waals surface area contributed by atoms with Gasteiger partial charge in [0.25, 0.3) is 0 Å². The molecule has 3 aromatic heterocycles. The Morgan fingerprint density at radius 3 is 2.45 bits per heavy atom. The van der Waals surface area contributed by atoms with E-state index in [1.807, 2.05) is 24.7 Å². The molecule has 0 aliphatic carbocycles. The van der Waals surface area contributed by atoms with Gasteiger partial charge in [-0.2, -0.15) is 8.78 Å². The van der Waals surface area contributed by atoms with E-state index in [-0.39, 0.29) is 5.75 Å². The number of nitrogens with zero attached hydrogens (tertiary/aromatic N) is 3. The Labute approximate surface area is 170 Å². The smallest absolute Gasteiger partial charge is 0.387 e. The first-order chi connectivity index (χ1) is 14.1. The third-order valence-electron chi connectivity index (χ3n) is 4.52. The summed E-state index contributed by atoms with van der Waals surface area (Å²) in [5.41, 5.74) is 3.87. The maximum atomic E-state index is 12.2. The number of aryl methyl sites for hydroxylation is 2. The normalized spacial score (nSPS) is 11.3. The van der Waals surface area contributed by atoms with Crippen molar-refractivity contribution in [2.75, 3.05) is 0 Å². The second-order valence-corrected chi connectivity index (χ2v) is 7.01. The van der Waals surface area contributed by atoms with Crippen molar-refractivity contribution in [2.24, 2.45) is 0 Å². The summed E-state index contributed by atoms with van der Waals surface area (Å²) < 4.78 is 28.7. The first-order valence-corrected chi connectivity index (χ1v) is 9.39. The first-order valence-electron chi connectivity index (χ1n) is 9.02. The number of halogens is 3. The molecule has 4 aromatic rings. The van der Waals surface area contributed by atoms with E-state index in [9.17, 15) is 8.78 Å². The SMILES string of the molecule is FC(F)Oc1ccc(CCc2ncc(Cc3c[nH]c4ncc(Cl)cc34)cn2)cc1. The van der Waals surface area contributed by atoms with Crippen LogP contribution in [0, 0.1) is 0 Å². The van der Waals surface area contributed by atoms with Crippen LogP contribution in [-0.4, -0.2) is 26.5 Å². The summed E-state index contributed by atoms with van der Waals surface area (Å²) in [6, 6.07) is 8.49. The average Bonchev–Trinajstić information content (AvgIpc) is 3.10. The Kier molecular flexibility index (Phi) is 5.67. The molecule has 8 heteroatoms. The molecule has 0 saturated heterocycles. The molecule has 0 amide bonds. The molecule has 0 fully saturated rings. The van der Waals surface area contributed by atoms with Crippen LogP contribution < -0.4 is 4.74 Å². The molecule has 29 heavy (non-hydrogen) atoms. The van der Waals surface area contributed by atoms with Crippen LogP contribution in [0.5, 0.6) is 5.75 Å². The van der Waals surface area contributed by atoms with E-state index in [1.165, 1.54) is 12.1 Å². The number of rotatable bonds is 7. The number of benzene rings is 1. The Morgan fingerprint density at radius 2 is 1.72 bits per heavy atom. The number of pyridine rings is 1. The number of hydrogen-bond donors (Lipinski definition) is 1. The van der Waals surface area contributed by atoms with Crippen LogP contribution in [0.25, 0.3) is 11.0 Å². The molecule has 0 radical (unpaired) electrons. The minimum atomic E-state index is -2.81. The molecule has 0 aliphatic heterocycles. The standard InChI is InChI=1S/C21H17ClF2N4O/c22-16-8-18-15(11-27-20(18)28-12-16)7-14-9-25-19(26-10-14)6-3-13-1-4-17(5-2-13)29-21(23)24/h1-2,4-5,8-12,21H,3,6-7H2,(H,27,28). The molecule has 148 valence electrons. The molecular formula is C21H17ClF2N4O. The van der Waals surface area contributed by atoms with E-state index in [0.29, 0.717) is 24.3 Å². The van der Waals surface area contributed by atoms with Crippen molar-refractivity contribution in [1.82, 2.24) is 19.9 Å². The molecule has 0 saturated carbocycles. The van der Waals surface area contributed by atoms with E-state index in [0.717, 1.165) is 33.5 Å². The van der Waals surface area contributed by atoms with E-state index < -0.39 is 6.61 Å². The van der Waals surface area contributed by atoms with Gasteiger partial charge in [0.1, 0.15) is 17.2 Å². The maximum Gasteiger partial charge on any atom is 0.387 e. The highest BCUT2D eigenvalue weighted by Gasteiger charge is 2.08. The number of fused-ring (bicyclic) bond motifs is 1. The first kappa shape index (κ1) is 19.3. The number of aromatic amines is 1. The predicted octanol–water partition coefficient (Wildman–Crippen LogP) is 4.98. The Balaban J connectivity index is 1.37. The maximum absolute atomic E-state index is 12.2. The summed E-state index contributed by atoms with van der Waals surface area (Å²) in [7, 11) is 0. The molecule has 0 unspecified atom stereocenters. The zero-order valence-corrected chi connectivity index (χ0v) is 16.0. The van der Waals surface area contributed by atoms with Crippen molar-refractivity contribution in [2.45, 2.75) is 25.9 Å². The van der Waals surface area contributed by atoms with Gasteiger partial charge in [-0.3, -0.25) is 0 Å². The fourth-order valence-electron chi connectivity index (χ4n) is 3.09. The van der Waals surface area contributed by atoms with Crippen LogP contribution >= 0.6 is 11.6 Å². The fraction of sp³-hybridized carbons (Fsp3) is 0.190. The second-order valence-electron chi connectivity index (χ2n) is 6.57. The van der Waals surface area contributed by atoms with Gasteiger partial charge in [0.2, 0.25) is 0 Å². The third-order valence-corrected chi connectivity index (χ3v) is 4.73. The van der Waals surface area contributed by atoms with Gasteiger partial charge >= 0.3 is 6.61 Å². The summed E-state index contributed by atoms with van der Waals surface area (Å²) in [4.78, 5) is 16.3. The zero-order valence-electron chi connectivity index (χ0n) is 15.3. The van der Waals surface area contributed by atoms with Gasteiger partial charge in [-0.25, -0.2) is 15.0 Å². The van der Waals surface area contributed by atoms with Crippen molar-refractivity contribution in [3.05, 3.63) is 82.7 Å². The zero-order chi connectivity index (χ0) is 20.2. The number of H-pyrrole nitrogens is 1. The summed E-state index contributed by atoms with van der Waals surface area (Å²) in [5, 5.41) is 1.58.